The largest absolute Gasteiger partial charge is 0.482 e. The molecule has 4 N–H and O–H groups in total. The number of anilines is 2. The first-order chi connectivity index (χ1) is 10.8. The molecule has 0 unspecified atom stereocenters. The van der Waals surface area contributed by atoms with E-state index >= 15 is 0 Å². The van der Waals surface area contributed by atoms with E-state index in [0.717, 1.165) is 11.3 Å². The minimum Gasteiger partial charge on any atom is -0.482 e. The van der Waals surface area contributed by atoms with Crippen LogP contribution in [-0.2, 0) is 14.8 Å². The summed E-state index contributed by atoms with van der Waals surface area (Å²) in [7, 11) is -3.83. The number of hydrogen-bond donors (Lipinski definition) is 3. The molecule has 0 aliphatic carbocycles. The van der Waals surface area contributed by atoms with Crippen LogP contribution < -0.4 is 20.5 Å². The molecular weight excluding hydrogens is 342 g/mol. The summed E-state index contributed by atoms with van der Waals surface area (Å²) in [5, 5.41) is 11.7. The smallest absolute Gasteiger partial charge is 0.262 e. The van der Waals surface area contributed by atoms with Crippen molar-refractivity contribution < 1.29 is 22.7 Å². The van der Waals surface area contributed by atoms with E-state index in [9.17, 15) is 18.0 Å². The van der Waals surface area contributed by atoms with Gasteiger partial charge in [0.1, 0.15) is 9.96 Å². The summed E-state index contributed by atoms with van der Waals surface area (Å²) < 4.78 is 27.6. The molecule has 8 nitrogen and oxygen atoms in total. The van der Waals surface area contributed by atoms with Crippen LogP contribution in [0.4, 0.5) is 11.4 Å². The van der Waals surface area contributed by atoms with E-state index < -0.39 is 15.9 Å². The number of hydrogen-bond acceptors (Lipinski definition) is 6. The number of fused-ring (bicyclic) bond motifs is 1. The monoisotopic (exact) mass is 353 g/mol. The van der Waals surface area contributed by atoms with Gasteiger partial charge in [0.2, 0.25) is 10.0 Å². The first-order valence-electron chi connectivity index (χ1n) is 6.32. The predicted octanol–water partition coefficient (Wildman–Crippen LogP) is 0.979. The van der Waals surface area contributed by atoms with Gasteiger partial charge in [-0.25, -0.2) is 13.6 Å². The number of ether oxygens (including phenoxy) is 1. The summed E-state index contributed by atoms with van der Waals surface area (Å²) in [5.74, 6) is -0.259. The molecule has 2 heterocycles. The second kappa shape index (κ2) is 5.65. The van der Waals surface area contributed by atoms with Crippen molar-refractivity contribution in [3.05, 3.63) is 35.2 Å². The molecule has 2 amide bonds. The Hall–Kier alpha value is -2.43. The highest BCUT2D eigenvalue weighted by Crippen LogP contribution is 2.30. The van der Waals surface area contributed by atoms with Crippen LogP contribution in [0, 0.1) is 0 Å². The van der Waals surface area contributed by atoms with Crippen molar-refractivity contribution in [2.45, 2.75) is 4.21 Å². The highest BCUT2D eigenvalue weighted by Gasteiger charge is 2.18. The van der Waals surface area contributed by atoms with Crippen molar-refractivity contribution in [3.8, 4) is 5.75 Å². The molecule has 0 spiro atoms. The Morgan fingerprint density at radius 2 is 2.13 bits per heavy atom. The van der Waals surface area contributed by atoms with E-state index in [1.807, 2.05) is 0 Å². The van der Waals surface area contributed by atoms with Crippen molar-refractivity contribution in [2.24, 2.45) is 5.14 Å². The van der Waals surface area contributed by atoms with Crippen LogP contribution in [0.3, 0.4) is 0 Å². The van der Waals surface area contributed by atoms with E-state index in [1.165, 1.54) is 11.4 Å². The zero-order valence-electron chi connectivity index (χ0n) is 11.5. The Balaban J connectivity index is 1.79. The minimum absolute atomic E-state index is 0.0516. The normalized spacial score (nSPS) is 13.7. The molecule has 0 bridgehead atoms. The Morgan fingerprint density at radius 1 is 1.35 bits per heavy atom. The van der Waals surface area contributed by atoms with E-state index in [4.69, 9.17) is 9.88 Å². The fraction of sp³-hybridized carbons (Fsp3) is 0.0769. The van der Waals surface area contributed by atoms with Crippen LogP contribution >= 0.6 is 11.3 Å². The molecule has 0 saturated carbocycles. The van der Waals surface area contributed by atoms with Crippen molar-refractivity contribution >= 4 is 44.5 Å². The molecule has 1 aromatic heterocycles. The maximum atomic E-state index is 12.1. The Kier molecular flexibility index (Phi) is 3.80. The van der Waals surface area contributed by atoms with Gasteiger partial charge in [-0.05, 0) is 24.3 Å². The van der Waals surface area contributed by atoms with E-state index in [1.54, 1.807) is 18.2 Å². The fourth-order valence-corrected chi connectivity index (χ4v) is 3.53. The molecule has 0 saturated heterocycles. The van der Waals surface area contributed by atoms with Crippen LogP contribution in [0.1, 0.15) is 10.4 Å². The Bertz CT molecular complexity index is 904. The molecule has 1 aromatic carbocycles. The Labute approximate surface area is 135 Å². The van der Waals surface area contributed by atoms with Crippen molar-refractivity contribution in [1.29, 1.82) is 0 Å². The molecule has 23 heavy (non-hydrogen) atoms. The minimum atomic E-state index is -3.83. The van der Waals surface area contributed by atoms with E-state index in [2.05, 4.69) is 10.6 Å². The summed E-state index contributed by atoms with van der Waals surface area (Å²) in [6.45, 7) is -0.0516. The number of thiophene rings is 1. The fourth-order valence-electron chi connectivity index (χ4n) is 1.95. The first-order valence-corrected chi connectivity index (χ1v) is 8.75. The second-order valence-electron chi connectivity index (χ2n) is 4.70. The van der Waals surface area contributed by atoms with Crippen LogP contribution in [0.25, 0.3) is 0 Å². The molecule has 120 valence electrons. The van der Waals surface area contributed by atoms with Gasteiger partial charge in [-0.1, -0.05) is 0 Å². The summed E-state index contributed by atoms with van der Waals surface area (Å²) in [5.41, 5.74) is 1.06. The second-order valence-corrected chi connectivity index (χ2v) is 7.40. The quantitative estimate of drug-likeness (QED) is 0.758. The molecule has 10 heteroatoms. The summed E-state index contributed by atoms with van der Waals surface area (Å²) >= 11 is 0.868. The van der Waals surface area contributed by atoms with Gasteiger partial charge >= 0.3 is 0 Å². The first kappa shape index (κ1) is 15.5. The summed E-state index contributed by atoms with van der Waals surface area (Å²) in [4.78, 5) is 23.4. The number of carbonyl (C=O) groups excluding carboxylic acids is 2. The number of sulfonamides is 1. The van der Waals surface area contributed by atoms with Gasteiger partial charge in [-0.15, -0.1) is 11.3 Å². The van der Waals surface area contributed by atoms with Crippen molar-refractivity contribution in [2.75, 3.05) is 17.2 Å². The van der Waals surface area contributed by atoms with E-state index in [-0.39, 0.29) is 22.3 Å². The third-order valence-electron chi connectivity index (χ3n) is 2.99. The van der Waals surface area contributed by atoms with Crippen LogP contribution in [0.15, 0.2) is 33.9 Å². The average molecular weight is 353 g/mol. The molecular formula is C13H11N3O5S2. The maximum Gasteiger partial charge on any atom is 0.262 e. The van der Waals surface area contributed by atoms with Crippen molar-refractivity contribution in [1.82, 2.24) is 0 Å². The van der Waals surface area contributed by atoms with Gasteiger partial charge < -0.3 is 15.4 Å². The standard InChI is InChI=1S/C13H11N3O5S2/c14-23(19,20)12-3-7(6-22-12)13(18)15-8-1-2-10-9(4-8)16-11(17)5-21-10/h1-4,6H,5H2,(H,15,18)(H,16,17)(H2,14,19,20). The number of benzene rings is 1. The highest BCUT2D eigenvalue weighted by atomic mass is 32.2. The van der Waals surface area contributed by atoms with Crippen LogP contribution in [0.5, 0.6) is 5.75 Å². The molecule has 0 atom stereocenters. The SMILES string of the molecule is NS(=O)(=O)c1cc(C(=O)Nc2ccc3c(c2)NC(=O)CO3)cs1. The third-order valence-corrected chi connectivity index (χ3v) is 5.37. The lowest BCUT2D eigenvalue weighted by atomic mass is 10.2. The Morgan fingerprint density at radius 3 is 2.83 bits per heavy atom. The summed E-state index contributed by atoms with van der Waals surface area (Å²) in [6.07, 6.45) is 0. The van der Waals surface area contributed by atoms with Gasteiger partial charge in [-0.2, -0.15) is 0 Å². The van der Waals surface area contributed by atoms with Gasteiger partial charge in [-0.3, -0.25) is 9.59 Å². The zero-order valence-corrected chi connectivity index (χ0v) is 13.2. The maximum absolute atomic E-state index is 12.1. The lowest BCUT2D eigenvalue weighted by molar-refractivity contribution is -0.118. The molecule has 3 rings (SSSR count). The lowest BCUT2D eigenvalue weighted by Crippen LogP contribution is -2.25. The van der Waals surface area contributed by atoms with Crippen LogP contribution in [-0.4, -0.2) is 26.8 Å². The number of rotatable bonds is 3. The number of primary sulfonamides is 1. The average Bonchev–Trinajstić information content (AvgIpc) is 2.96. The third kappa shape index (κ3) is 3.33. The topological polar surface area (TPSA) is 128 Å². The number of nitrogens with one attached hydrogen (secondary N) is 2. The molecule has 1 aliphatic heterocycles. The molecule has 0 fully saturated rings. The van der Waals surface area contributed by atoms with Crippen molar-refractivity contribution in [3.63, 3.8) is 0 Å². The molecule has 0 radical (unpaired) electrons. The van der Waals surface area contributed by atoms with Gasteiger partial charge in [0.25, 0.3) is 11.8 Å². The van der Waals surface area contributed by atoms with Gasteiger partial charge in [0.05, 0.1) is 11.3 Å². The van der Waals surface area contributed by atoms with E-state index in [0.29, 0.717) is 17.1 Å². The number of amides is 2. The zero-order chi connectivity index (χ0) is 16.6. The van der Waals surface area contributed by atoms with Gasteiger partial charge in [0.15, 0.2) is 6.61 Å². The highest BCUT2D eigenvalue weighted by molar-refractivity contribution is 7.91. The molecule has 2 aromatic rings. The van der Waals surface area contributed by atoms with Crippen LogP contribution in [0.2, 0.25) is 0 Å². The lowest BCUT2D eigenvalue weighted by Gasteiger charge is -2.18. The number of carbonyl (C=O) groups is 2. The van der Waals surface area contributed by atoms with Gasteiger partial charge in [0, 0.05) is 11.1 Å². The predicted molar refractivity (Wildman–Crippen MR) is 84.2 cm³/mol. The molecule has 1 aliphatic rings. The number of nitrogens with two attached hydrogens (primary N) is 1. The summed E-state index contributed by atoms with van der Waals surface area (Å²) in [6, 6.07) is 5.99.